The second-order valence-corrected chi connectivity index (χ2v) is 8.56. The van der Waals surface area contributed by atoms with E-state index in [9.17, 15) is 23.1 Å². The Bertz CT molecular complexity index is 1440. The van der Waals surface area contributed by atoms with Gasteiger partial charge >= 0.3 is 6.18 Å². The number of aromatic nitrogens is 4. The van der Waals surface area contributed by atoms with Gasteiger partial charge in [0.05, 0.1) is 23.9 Å². The Morgan fingerprint density at radius 2 is 1.97 bits per heavy atom. The molecule has 0 aliphatic heterocycles. The van der Waals surface area contributed by atoms with Gasteiger partial charge in [-0.05, 0) is 38.1 Å². The van der Waals surface area contributed by atoms with Gasteiger partial charge < -0.3 is 19.6 Å². The van der Waals surface area contributed by atoms with Gasteiger partial charge in [0.2, 0.25) is 17.7 Å². The zero-order chi connectivity index (χ0) is 26.9. The second kappa shape index (κ2) is 10.1. The van der Waals surface area contributed by atoms with Crippen LogP contribution in [0, 0.1) is 12.8 Å². The number of hydrogen-bond donors (Lipinski definition) is 2. The van der Waals surface area contributed by atoms with Crippen molar-refractivity contribution >= 4 is 17.2 Å². The number of amides is 1. The van der Waals surface area contributed by atoms with Gasteiger partial charge in [-0.2, -0.15) is 13.2 Å². The van der Waals surface area contributed by atoms with Crippen molar-refractivity contribution in [3.8, 4) is 28.5 Å². The molecule has 1 amide bonds. The minimum Gasteiger partial charge on any atom is -0.491 e. The molecule has 0 aliphatic rings. The van der Waals surface area contributed by atoms with Crippen LogP contribution in [0.5, 0.6) is 5.75 Å². The first-order chi connectivity index (χ1) is 17.5. The third-order valence-corrected chi connectivity index (χ3v) is 5.36. The number of aliphatic hydroxyl groups is 1. The van der Waals surface area contributed by atoms with Crippen LogP contribution in [0.25, 0.3) is 28.4 Å². The topological polar surface area (TPSA) is 115 Å². The summed E-state index contributed by atoms with van der Waals surface area (Å²) >= 11 is 0. The number of pyridine rings is 1. The Morgan fingerprint density at radius 1 is 1.22 bits per heavy atom. The molecular weight excluding hydrogens is 491 g/mol. The van der Waals surface area contributed by atoms with Crippen LogP contribution in [0.3, 0.4) is 0 Å². The number of fused-ring (bicyclic) bond motifs is 1. The minimum absolute atomic E-state index is 0.173. The molecule has 0 saturated carbocycles. The molecule has 4 aromatic rings. The molecule has 4 rings (SSSR count). The van der Waals surface area contributed by atoms with Crippen molar-refractivity contribution in [1.82, 2.24) is 19.6 Å². The van der Waals surface area contributed by atoms with Gasteiger partial charge in [-0.15, -0.1) is 16.8 Å². The van der Waals surface area contributed by atoms with Gasteiger partial charge in [0.15, 0.2) is 6.10 Å². The number of aryl methyl sites for hydroxylation is 1. The monoisotopic (exact) mass is 515 g/mol. The normalized spacial score (nSPS) is 13.5. The average Bonchev–Trinajstić information content (AvgIpc) is 3.44. The van der Waals surface area contributed by atoms with Crippen LogP contribution >= 0.6 is 0 Å². The number of imidazole rings is 1. The van der Waals surface area contributed by atoms with Gasteiger partial charge in [-0.25, -0.2) is 4.98 Å². The molecule has 0 fully saturated rings. The molecule has 2 unspecified atom stereocenters. The van der Waals surface area contributed by atoms with Crippen LogP contribution in [0.2, 0.25) is 0 Å². The number of aliphatic hydroxyl groups excluding tert-OH is 1. The maximum atomic E-state index is 13.0. The van der Waals surface area contributed by atoms with Crippen LogP contribution in [-0.4, -0.2) is 49.0 Å². The quantitative estimate of drug-likeness (QED) is 0.324. The van der Waals surface area contributed by atoms with E-state index in [1.54, 1.807) is 48.0 Å². The van der Waals surface area contributed by atoms with Crippen LogP contribution in [0.4, 0.5) is 18.9 Å². The molecule has 0 radical (unpaired) electrons. The van der Waals surface area contributed by atoms with Gasteiger partial charge in [-0.1, -0.05) is 6.08 Å². The predicted molar refractivity (Wildman–Crippen MR) is 129 cm³/mol. The number of nitrogens with zero attached hydrogens (tertiary/aromatic N) is 4. The van der Waals surface area contributed by atoms with Gasteiger partial charge in [0, 0.05) is 36.0 Å². The largest absolute Gasteiger partial charge is 0.491 e. The van der Waals surface area contributed by atoms with Crippen LogP contribution in [0.1, 0.15) is 19.7 Å². The fourth-order valence-corrected chi connectivity index (χ4v) is 3.71. The highest BCUT2D eigenvalue weighted by Crippen LogP contribution is 2.32. The summed E-state index contributed by atoms with van der Waals surface area (Å²) in [6, 6.07) is 8.32. The lowest BCUT2D eigenvalue weighted by Gasteiger charge is -2.22. The summed E-state index contributed by atoms with van der Waals surface area (Å²) in [5.74, 6) is -1.82. The first-order valence-corrected chi connectivity index (χ1v) is 11.2. The highest BCUT2D eigenvalue weighted by atomic mass is 19.4. The van der Waals surface area contributed by atoms with Gasteiger partial charge in [-0.3, -0.25) is 9.20 Å². The Hall–Kier alpha value is -4.19. The van der Waals surface area contributed by atoms with Crippen LogP contribution < -0.4 is 10.1 Å². The molecule has 0 aliphatic carbocycles. The zero-order valence-corrected chi connectivity index (χ0v) is 20.2. The standard InChI is InChI=1S/C25H24F3N5O4/c1-5-19(22(34)25(26,27)28)23(35)30-17-8-16(9-18(11-17)36-13(2)3)20-12-29-21-10-15(6-7-33(20)21)24-32-31-14(4)37-24/h5-13,19,22,34H,1H2,2-4H3,(H,30,35). The molecule has 37 heavy (non-hydrogen) atoms. The van der Waals surface area contributed by atoms with E-state index in [1.807, 2.05) is 13.8 Å². The number of hydrogen-bond acceptors (Lipinski definition) is 7. The van der Waals surface area contributed by atoms with Gasteiger partial charge in [0.25, 0.3) is 0 Å². The average molecular weight is 515 g/mol. The molecule has 2 atom stereocenters. The van der Waals surface area contributed by atoms with E-state index in [0.29, 0.717) is 40.0 Å². The number of carbonyl (C=O) groups is 1. The van der Waals surface area contributed by atoms with Crippen molar-refractivity contribution in [2.24, 2.45) is 5.92 Å². The molecule has 3 heterocycles. The fraction of sp³-hybridized carbons (Fsp3) is 0.280. The third kappa shape index (κ3) is 5.64. The minimum atomic E-state index is -4.99. The molecule has 0 bridgehead atoms. The lowest BCUT2D eigenvalue weighted by Crippen LogP contribution is -2.41. The number of nitrogens with one attached hydrogen (secondary N) is 1. The maximum absolute atomic E-state index is 13.0. The summed E-state index contributed by atoms with van der Waals surface area (Å²) in [6.45, 7) is 8.58. The molecular formula is C25H24F3N5O4. The summed E-state index contributed by atoms with van der Waals surface area (Å²) in [5.41, 5.74) is 2.63. The van der Waals surface area contributed by atoms with Crippen LogP contribution in [0.15, 0.2) is 59.8 Å². The SMILES string of the molecule is C=CC(C(=O)Nc1cc(OC(C)C)cc(-c2cnc3cc(-c4nnc(C)o4)ccn23)c1)C(O)C(F)(F)F. The first kappa shape index (κ1) is 25.9. The van der Waals surface area contributed by atoms with Crippen molar-refractivity contribution in [2.45, 2.75) is 39.2 Å². The summed E-state index contributed by atoms with van der Waals surface area (Å²) < 4.78 is 52.1. The highest BCUT2D eigenvalue weighted by molar-refractivity contribution is 5.95. The molecule has 3 aromatic heterocycles. The number of anilines is 1. The molecule has 0 spiro atoms. The van der Waals surface area contributed by atoms with Gasteiger partial charge in [0.1, 0.15) is 11.4 Å². The fourth-order valence-electron chi connectivity index (χ4n) is 3.71. The Kier molecular flexibility index (Phi) is 7.03. The van der Waals surface area contributed by atoms with Crippen molar-refractivity contribution in [2.75, 3.05) is 5.32 Å². The van der Waals surface area contributed by atoms with Crippen LogP contribution in [-0.2, 0) is 4.79 Å². The molecule has 9 nitrogen and oxygen atoms in total. The molecule has 194 valence electrons. The summed E-state index contributed by atoms with van der Waals surface area (Å²) in [7, 11) is 0. The van der Waals surface area contributed by atoms with Crippen molar-refractivity contribution in [3.05, 3.63) is 61.3 Å². The Morgan fingerprint density at radius 3 is 2.59 bits per heavy atom. The van der Waals surface area contributed by atoms with E-state index in [-0.39, 0.29) is 11.8 Å². The number of halogens is 3. The lowest BCUT2D eigenvalue weighted by atomic mass is 10.0. The lowest BCUT2D eigenvalue weighted by molar-refractivity contribution is -0.214. The van der Waals surface area contributed by atoms with E-state index in [2.05, 4.69) is 27.1 Å². The number of benzene rings is 1. The van der Waals surface area contributed by atoms with E-state index in [0.717, 1.165) is 6.08 Å². The predicted octanol–water partition coefficient (Wildman–Crippen LogP) is 4.81. The highest BCUT2D eigenvalue weighted by Gasteiger charge is 2.45. The maximum Gasteiger partial charge on any atom is 0.415 e. The van der Waals surface area contributed by atoms with E-state index < -0.39 is 24.1 Å². The molecule has 0 saturated heterocycles. The number of rotatable bonds is 8. The number of ether oxygens (including phenoxy) is 1. The summed E-state index contributed by atoms with van der Waals surface area (Å²) in [4.78, 5) is 17.1. The Labute approximate surface area is 209 Å². The first-order valence-electron chi connectivity index (χ1n) is 11.2. The van der Waals surface area contributed by atoms with Crippen molar-refractivity contribution in [1.29, 1.82) is 0 Å². The smallest absolute Gasteiger partial charge is 0.415 e. The van der Waals surface area contributed by atoms with E-state index in [1.165, 1.54) is 6.07 Å². The second-order valence-electron chi connectivity index (χ2n) is 8.56. The summed E-state index contributed by atoms with van der Waals surface area (Å²) in [5, 5.41) is 19.9. The molecule has 2 N–H and O–H groups in total. The number of alkyl halides is 3. The number of carbonyl (C=O) groups excluding carboxylic acids is 1. The summed E-state index contributed by atoms with van der Waals surface area (Å²) in [6.07, 6.45) is -3.97. The molecule has 12 heteroatoms. The third-order valence-electron chi connectivity index (χ3n) is 5.36. The van der Waals surface area contributed by atoms with Crippen molar-refractivity contribution < 1.29 is 32.2 Å². The van der Waals surface area contributed by atoms with E-state index in [4.69, 9.17) is 9.15 Å². The zero-order valence-electron chi connectivity index (χ0n) is 20.2. The van der Waals surface area contributed by atoms with Crippen molar-refractivity contribution in [3.63, 3.8) is 0 Å². The Balaban J connectivity index is 1.71. The van der Waals surface area contributed by atoms with E-state index >= 15 is 0 Å². The molecule has 1 aromatic carbocycles.